The molecule has 0 radical (unpaired) electrons. The van der Waals surface area contributed by atoms with Crippen LogP contribution >= 0.6 is 0 Å². The van der Waals surface area contributed by atoms with Crippen LogP contribution in [0.1, 0.15) is 23.3 Å². The Labute approximate surface area is 183 Å². The summed E-state index contributed by atoms with van der Waals surface area (Å²) in [5.74, 6) is -0.113. The maximum atomic E-state index is 12.0. The number of rotatable bonds is 6. The van der Waals surface area contributed by atoms with Gasteiger partial charge in [0.15, 0.2) is 11.5 Å². The highest BCUT2D eigenvalue weighted by molar-refractivity contribution is 5.99. The van der Waals surface area contributed by atoms with Gasteiger partial charge < -0.3 is 25.7 Å². The van der Waals surface area contributed by atoms with Crippen molar-refractivity contribution >= 4 is 34.3 Å². The number of anilines is 3. The minimum atomic E-state index is -0.703. The van der Waals surface area contributed by atoms with Crippen molar-refractivity contribution < 1.29 is 9.53 Å². The van der Waals surface area contributed by atoms with Crippen molar-refractivity contribution in [1.82, 2.24) is 29.5 Å². The Bertz CT molecular complexity index is 1270. The summed E-state index contributed by atoms with van der Waals surface area (Å²) < 4.78 is 9.18. The van der Waals surface area contributed by atoms with E-state index in [1.165, 1.54) is 0 Å². The van der Waals surface area contributed by atoms with Crippen LogP contribution in [0.2, 0.25) is 0 Å². The Hall–Kier alpha value is -3.99. The normalized spacial score (nSPS) is 14.5. The molecule has 1 fully saturated rings. The number of nitrogens with zero attached hydrogens (tertiary/aromatic N) is 6. The molecule has 5 rings (SSSR count). The molecule has 0 atom stereocenters. The fraction of sp³-hybridized carbons (Fsp3) is 0.286. The van der Waals surface area contributed by atoms with Gasteiger partial charge in [-0.1, -0.05) is 6.07 Å². The lowest BCUT2D eigenvalue weighted by Gasteiger charge is -2.23. The number of primary amides is 1. The third-order valence-electron chi connectivity index (χ3n) is 5.43. The number of ether oxygens (including phenoxy) is 1. The monoisotopic (exact) mass is 433 g/mol. The van der Waals surface area contributed by atoms with E-state index in [-0.39, 0.29) is 17.6 Å². The standard InChI is InChI=1S/C21H23N9O2/c1-29-12-14(11-23-29)30-8-5-15-16(3-2-4-17(15)30)25-20-18(19(22)31)27-28-21(26-20)24-13-6-9-32-10-7-13/h2-5,8,11-13H,6-7,9-10H2,1H3,(H2,22,31)(H2,24,25,26,28). The predicted octanol–water partition coefficient (Wildman–Crippen LogP) is 1.98. The first-order chi connectivity index (χ1) is 15.6. The second kappa shape index (κ2) is 8.27. The van der Waals surface area contributed by atoms with E-state index in [0.29, 0.717) is 19.2 Å². The number of hydrogen-bond donors (Lipinski definition) is 3. The molecule has 0 aliphatic carbocycles. The summed E-state index contributed by atoms with van der Waals surface area (Å²) in [6.07, 6.45) is 7.41. The molecule has 1 aliphatic heterocycles. The minimum Gasteiger partial charge on any atom is -0.381 e. The van der Waals surface area contributed by atoms with Crippen LogP contribution in [-0.2, 0) is 11.8 Å². The maximum Gasteiger partial charge on any atom is 0.273 e. The molecule has 4 aromatic rings. The summed E-state index contributed by atoms with van der Waals surface area (Å²) >= 11 is 0. The van der Waals surface area contributed by atoms with E-state index in [2.05, 4.69) is 30.9 Å². The molecule has 164 valence electrons. The molecule has 0 bridgehead atoms. The van der Waals surface area contributed by atoms with Gasteiger partial charge in [0, 0.05) is 49.8 Å². The summed E-state index contributed by atoms with van der Waals surface area (Å²) in [6.45, 7) is 1.37. The van der Waals surface area contributed by atoms with Crippen LogP contribution in [0.4, 0.5) is 17.5 Å². The second-order valence-electron chi connectivity index (χ2n) is 7.65. The SMILES string of the molecule is Cn1cc(-n2ccc3c(Nc4nc(NC5CCOCC5)nnc4C(N)=O)cccc32)cn1. The number of aromatic nitrogens is 6. The molecular formula is C21H23N9O2. The molecule has 1 aromatic carbocycles. The zero-order chi connectivity index (χ0) is 22.1. The van der Waals surface area contributed by atoms with E-state index >= 15 is 0 Å². The van der Waals surface area contributed by atoms with Crippen LogP contribution in [0.3, 0.4) is 0 Å². The van der Waals surface area contributed by atoms with E-state index in [1.54, 1.807) is 10.9 Å². The fourth-order valence-electron chi connectivity index (χ4n) is 3.83. The van der Waals surface area contributed by atoms with Gasteiger partial charge in [0.2, 0.25) is 5.95 Å². The van der Waals surface area contributed by atoms with Crippen LogP contribution in [-0.4, -0.2) is 54.7 Å². The molecule has 11 nitrogen and oxygen atoms in total. The van der Waals surface area contributed by atoms with Gasteiger partial charge in [0.05, 0.1) is 17.4 Å². The summed E-state index contributed by atoms with van der Waals surface area (Å²) in [4.78, 5) is 16.5. The van der Waals surface area contributed by atoms with E-state index in [0.717, 1.165) is 35.1 Å². The average Bonchev–Trinajstić information content (AvgIpc) is 3.41. The third-order valence-corrected chi connectivity index (χ3v) is 5.43. The Morgan fingerprint density at radius 2 is 2.06 bits per heavy atom. The predicted molar refractivity (Wildman–Crippen MR) is 119 cm³/mol. The second-order valence-corrected chi connectivity index (χ2v) is 7.65. The summed E-state index contributed by atoms with van der Waals surface area (Å²) in [6, 6.07) is 8.03. The highest BCUT2D eigenvalue weighted by Crippen LogP contribution is 2.29. The van der Waals surface area contributed by atoms with Gasteiger partial charge in [-0.15, -0.1) is 10.2 Å². The molecule has 11 heteroatoms. The lowest BCUT2D eigenvalue weighted by Crippen LogP contribution is -2.29. The van der Waals surface area contributed by atoms with Crippen LogP contribution in [0.15, 0.2) is 42.9 Å². The number of hydrogen-bond acceptors (Lipinski definition) is 8. The number of fused-ring (bicyclic) bond motifs is 1. The smallest absolute Gasteiger partial charge is 0.273 e. The maximum absolute atomic E-state index is 12.0. The molecule has 1 amide bonds. The van der Waals surface area contributed by atoms with Gasteiger partial charge in [-0.25, -0.2) is 0 Å². The summed E-state index contributed by atoms with van der Waals surface area (Å²) in [7, 11) is 1.88. The quantitative estimate of drug-likeness (QED) is 0.420. The molecule has 4 N–H and O–H groups in total. The molecule has 1 saturated heterocycles. The Balaban J connectivity index is 1.49. The van der Waals surface area contributed by atoms with Crippen LogP contribution < -0.4 is 16.4 Å². The molecule has 32 heavy (non-hydrogen) atoms. The topological polar surface area (TPSA) is 138 Å². The fourth-order valence-corrected chi connectivity index (χ4v) is 3.83. The Kier molecular flexibility index (Phi) is 5.15. The van der Waals surface area contributed by atoms with Crippen molar-refractivity contribution in [3.8, 4) is 5.69 Å². The van der Waals surface area contributed by atoms with E-state index < -0.39 is 5.91 Å². The zero-order valence-corrected chi connectivity index (χ0v) is 17.5. The van der Waals surface area contributed by atoms with Crippen molar-refractivity contribution in [2.45, 2.75) is 18.9 Å². The summed E-state index contributed by atoms with van der Waals surface area (Å²) in [5.41, 5.74) is 8.20. The average molecular weight is 433 g/mol. The third kappa shape index (κ3) is 3.85. The first-order valence-electron chi connectivity index (χ1n) is 10.3. The van der Waals surface area contributed by atoms with Crippen LogP contribution in [0.25, 0.3) is 16.6 Å². The van der Waals surface area contributed by atoms with Crippen LogP contribution in [0.5, 0.6) is 0 Å². The van der Waals surface area contributed by atoms with Gasteiger partial charge in [0.25, 0.3) is 5.91 Å². The number of benzene rings is 1. The van der Waals surface area contributed by atoms with Crippen molar-refractivity contribution in [1.29, 1.82) is 0 Å². The molecule has 4 heterocycles. The van der Waals surface area contributed by atoms with E-state index in [1.807, 2.05) is 48.3 Å². The molecule has 0 saturated carbocycles. The lowest BCUT2D eigenvalue weighted by molar-refractivity contribution is 0.0903. The largest absolute Gasteiger partial charge is 0.381 e. The lowest BCUT2D eigenvalue weighted by atomic mass is 10.1. The van der Waals surface area contributed by atoms with Gasteiger partial charge in [0.1, 0.15) is 0 Å². The number of carbonyl (C=O) groups excluding carboxylic acids is 1. The number of nitrogens with two attached hydrogens (primary N) is 1. The summed E-state index contributed by atoms with van der Waals surface area (Å²) in [5, 5.41) is 19.7. The number of amides is 1. The number of nitrogens with one attached hydrogen (secondary N) is 2. The minimum absolute atomic E-state index is 0.0220. The van der Waals surface area contributed by atoms with Crippen molar-refractivity contribution in [3.63, 3.8) is 0 Å². The zero-order valence-electron chi connectivity index (χ0n) is 17.5. The number of aryl methyl sites for hydroxylation is 1. The molecular weight excluding hydrogens is 410 g/mol. The van der Waals surface area contributed by atoms with E-state index in [9.17, 15) is 4.79 Å². The molecule has 1 aliphatic rings. The highest BCUT2D eigenvalue weighted by atomic mass is 16.5. The first kappa shape index (κ1) is 19.9. The molecule has 3 aromatic heterocycles. The van der Waals surface area contributed by atoms with Crippen molar-refractivity contribution in [2.75, 3.05) is 23.8 Å². The number of carbonyl (C=O) groups is 1. The Morgan fingerprint density at radius 3 is 2.81 bits per heavy atom. The first-order valence-corrected chi connectivity index (χ1v) is 10.3. The van der Waals surface area contributed by atoms with E-state index in [4.69, 9.17) is 10.5 Å². The van der Waals surface area contributed by atoms with Crippen molar-refractivity contribution in [3.05, 3.63) is 48.5 Å². The highest BCUT2D eigenvalue weighted by Gasteiger charge is 2.19. The van der Waals surface area contributed by atoms with Gasteiger partial charge in [-0.2, -0.15) is 10.1 Å². The van der Waals surface area contributed by atoms with Crippen molar-refractivity contribution in [2.24, 2.45) is 12.8 Å². The Morgan fingerprint density at radius 1 is 1.22 bits per heavy atom. The van der Waals surface area contributed by atoms with Gasteiger partial charge in [-0.05, 0) is 31.0 Å². The van der Waals surface area contributed by atoms with Crippen LogP contribution in [0, 0.1) is 0 Å². The van der Waals surface area contributed by atoms with Gasteiger partial charge in [-0.3, -0.25) is 9.48 Å². The van der Waals surface area contributed by atoms with Gasteiger partial charge >= 0.3 is 0 Å². The molecule has 0 unspecified atom stereocenters. The molecule has 0 spiro atoms.